The van der Waals surface area contributed by atoms with E-state index in [1.807, 2.05) is 24.3 Å². The summed E-state index contributed by atoms with van der Waals surface area (Å²) >= 11 is 0. The maximum atomic E-state index is 11.8. The van der Waals surface area contributed by atoms with Gasteiger partial charge in [0.15, 0.2) is 0 Å². The number of tetrazole rings is 1. The van der Waals surface area contributed by atoms with E-state index in [-0.39, 0.29) is 18.4 Å². The minimum Gasteiger partial charge on any atom is -0.497 e. The number of nitrogens with zero attached hydrogens (tertiary/aromatic N) is 4. The molecule has 22 heavy (non-hydrogen) atoms. The fraction of sp³-hybridized carbons (Fsp3) is 0.231. The monoisotopic (exact) mass is 301 g/mol. The van der Waals surface area contributed by atoms with Crippen LogP contribution in [-0.2, 0) is 17.9 Å². The van der Waals surface area contributed by atoms with Crippen molar-refractivity contribution in [1.29, 1.82) is 0 Å². The molecule has 0 aliphatic rings. The Morgan fingerprint density at radius 3 is 3.05 bits per heavy atom. The molecule has 9 nitrogen and oxygen atoms in total. The van der Waals surface area contributed by atoms with E-state index in [4.69, 9.17) is 10.5 Å². The zero-order chi connectivity index (χ0) is 15.5. The van der Waals surface area contributed by atoms with Gasteiger partial charge in [0.2, 0.25) is 11.9 Å². The fourth-order valence-electron chi connectivity index (χ4n) is 2.10. The van der Waals surface area contributed by atoms with Crippen molar-refractivity contribution < 1.29 is 9.53 Å². The second-order valence-electron chi connectivity index (χ2n) is 4.72. The summed E-state index contributed by atoms with van der Waals surface area (Å²) in [5.41, 5.74) is 7.37. The molecular weight excluding hydrogens is 286 g/mol. The van der Waals surface area contributed by atoms with Gasteiger partial charge >= 0.3 is 0 Å². The Morgan fingerprint density at radius 2 is 2.32 bits per heavy atom. The van der Waals surface area contributed by atoms with Gasteiger partial charge < -0.3 is 20.8 Å². The van der Waals surface area contributed by atoms with Crippen LogP contribution in [0.25, 0.3) is 10.9 Å². The Balaban J connectivity index is 1.63. The summed E-state index contributed by atoms with van der Waals surface area (Å²) in [5.74, 6) is 0.666. The third-order valence-electron chi connectivity index (χ3n) is 3.21. The number of aromatic nitrogens is 5. The molecule has 0 aliphatic heterocycles. The van der Waals surface area contributed by atoms with Gasteiger partial charge in [0.05, 0.1) is 13.7 Å². The molecule has 0 radical (unpaired) electrons. The number of fused-ring (bicyclic) bond motifs is 1. The highest BCUT2D eigenvalue weighted by atomic mass is 16.5. The SMILES string of the molecule is COc1ccc2[nH]c(CNC(=O)Cn3nnnc3N)cc2c1. The predicted octanol–water partition coefficient (Wildman–Crippen LogP) is 0.0616. The van der Waals surface area contributed by atoms with Gasteiger partial charge in [-0.15, -0.1) is 0 Å². The van der Waals surface area contributed by atoms with Crippen molar-refractivity contribution in [2.45, 2.75) is 13.1 Å². The number of carbonyl (C=O) groups is 1. The summed E-state index contributed by atoms with van der Waals surface area (Å²) in [7, 11) is 1.62. The normalized spacial score (nSPS) is 10.8. The summed E-state index contributed by atoms with van der Waals surface area (Å²) in [6.45, 7) is 0.352. The number of hydrogen-bond donors (Lipinski definition) is 3. The van der Waals surface area contributed by atoms with Crippen LogP contribution in [0.5, 0.6) is 5.75 Å². The lowest BCUT2D eigenvalue weighted by atomic mass is 10.2. The number of amides is 1. The maximum absolute atomic E-state index is 11.8. The number of hydrogen-bond acceptors (Lipinski definition) is 6. The molecule has 4 N–H and O–H groups in total. The molecule has 0 fully saturated rings. The predicted molar refractivity (Wildman–Crippen MR) is 78.9 cm³/mol. The van der Waals surface area contributed by atoms with Crippen LogP contribution in [0.15, 0.2) is 24.3 Å². The van der Waals surface area contributed by atoms with E-state index in [0.29, 0.717) is 6.54 Å². The first-order valence-corrected chi connectivity index (χ1v) is 6.59. The highest BCUT2D eigenvalue weighted by Gasteiger charge is 2.08. The Labute approximate surface area is 125 Å². The number of carbonyl (C=O) groups excluding carboxylic acids is 1. The molecule has 2 heterocycles. The number of anilines is 1. The van der Waals surface area contributed by atoms with E-state index in [1.54, 1.807) is 7.11 Å². The highest BCUT2D eigenvalue weighted by molar-refractivity contribution is 5.82. The summed E-state index contributed by atoms with van der Waals surface area (Å²) in [5, 5.41) is 14.3. The van der Waals surface area contributed by atoms with Crippen LogP contribution in [0.4, 0.5) is 5.95 Å². The lowest BCUT2D eigenvalue weighted by Crippen LogP contribution is -2.28. The van der Waals surface area contributed by atoms with Crippen molar-refractivity contribution in [2.75, 3.05) is 12.8 Å². The number of rotatable bonds is 5. The van der Waals surface area contributed by atoms with E-state index in [1.165, 1.54) is 4.68 Å². The third-order valence-corrected chi connectivity index (χ3v) is 3.21. The Hall–Kier alpha value is -3.10. The first-order chi connectivity index (χ1) is 10.7. The van der Waals surface area contributed by atoms with E-state index in [9.17, 15) is 4.79 Å². The van der Waals surface area contributed by atoms with Crippen molar-refractivity contribution >= 4 is 22.8 Å². The minimum absolute atomic E-state index is 0.0209. The molecule has 0 unspecified atom stereocenters. The fourth-order valence-corrected chi connectivity index (χ4v) is 2.10. The summed E-state index contributed by atoms with van der Waals surface area (Å²) in [6, 6.07) is 7.70. The number of H-pyrrole nitrogens is 1. The van der Waals surface area contributed by atoms with Crippen LogP contribution < -0.4 is 15.8 Å². The quantitative estimate of drug-likeness (QED) is 0.612. The van der Waals surface area contributed by atoms with Gasteiger partial charge in [-0.25, -0.2) is 4.68 Å². The van der Waals surface area contributed by atoms with Crippen LogP contribution >= 0.6 is 0 Å². The van der Waals surface area contributed by atoms with Crippen LogP contribution in [0.3, 0.4) is 0 Å². The van der Waals surface area contributed by atoms with Crippen molar-refractivity contribution in [3.63, 3.8) is 0 Å². The second-order valence-corrected chi connectivity index (χ2v) is 4.72. The molecular formula is C13H15N7O2. The maximum Gasteiger partial charge on any atom is 0.242 e. The average Bonchev–Trinajstić information content (AvgIpc) is 3.10. The van der Waals surface area contributed by atoms with Gasteiger partial charge in [-0.2, -0.15) is 0 Å². The highest BCUT2D eigenvalue weighted by Crippen LogP contribution is 2.21. The Morgan fingerprint density at radius 1 is 1.45 bits per heavy atom. The number of nitrogens with one attached hydrogen (secondary N) is 2. The van der Waals surface area contributed by atoms with Gasteiger partial charge in [-0.1, -0.05) is 5.10 Å². The molecule has 0 bridgehead atoms. The van der Waals surface area contributed by atoms with Gasteiger partial charge in [0.1, 0.15) is 12.3 Å². The lowest BCUT2D eigenvalue weighted by molar-refractivity contribution is -0.122. The molecule has 2 aromatic heterocycles. The van der Waals surface area contributed by atoms with Crippen molar-refractivity contribution in [3.8, 4) is 5.75 Å². The van der Waals surface area contributed by atoms with Crippen molar-refractivity contribution in [3.05, 3.63) is 30.0 Å². The first-order valence-electron chi connectivity index (χ1n) is 6.59. The topological polar surface area (TPSA) is 124 Å². The largest absolute Gasteiger partial charge is 0.497 e. The van der Waals surface area contributed by atoms with Gasteiger partial charge in [0, 0.05) is 16.6 Å². The van der Waals surface area contributed by atoms with E-state index in [2.05, 4.69) is 25.8 Å². The molecule has 0 spiro atoms. The zero-order valence-corrected chi connectivity index (χ0v) is 11.9. The van der Waals surface area contributed by atoms with Crippen LogP contribution in [0.1, 0.15) is 5.69 Å². The molecule has 9 heteroatoms. The van der Waals surface area contributed by atoms with Crippen molar-refractivity contribution in [2.24, 2.45) is 0 Å². The smallest absolute Gasteiger partial charge is 0.242 e. The van der Waals surface area contributed by atoms with E-state index >= 15 is 0 Å². The number of methoxy groups -OCH3 is 1. The van der Waals surface area contributed by atoms with Crippen LogP contribution in [0.2, 0.25) is 0 Å². The Kier molecular flexibility index (Phi) is 3.60. The Bertz CT molecular complexity index is 808. The molecule has 0 atom stereocenters. The number of ether oxygens (including phenoxy) is 1. The number of nitrogen functional groups attached to an aromatic ring is 1. The zero-order valence-electron chi connectivity index (χ0n) is 11.9. The van der Waals surface area contributed by atoms with Crippen molar-refractivity contribution in [1.82, 2.24) is 30.5 Å². The minimum atomic E-state index is -0.227. The van der Waals surface area contributed by atoms with Gasteiger partial charge in [-0.05, 0) is 34.7 Å². The van der Waals surface area contributed by atoms with Gasteiger partial charge in [-0.3, -0.25) is 4.79 Å². The summed E-state index contributed by atoms with van der Waals surface area (Å²) in [6.07, 6.45) is 0. The number of aromatic amines is 1. The second kappa shape index (κ2) is 5.72. The van der Waals surface area contributed by atoms with E-state index in [0.717, 1.165) is 22.3 Å². The number of benzene rings is 1. The molecule has 1 amide bonds. The third kappa shape index (κ3) is 2.82. The molecule has 0 aliphatic carbocycles. The average molecular weight is 301 g/mol. The molecule has 114 valence electrons. The van der Waals surface area contributed by atoms with Crippen LogP contribution in [-0.4, -0.2) is 38.2 Å². The molecule has 0 saturated carbocycles. The standard InChI is InChI=1S/C13H15N7O2/c1-22-10-2-3-11-8(5-10)4-9(16-11)6-15-12(21)7-20-13(14)17-18-19-20/h2-5,16H,6-7H2,1H3,(H,15,21)(H2,14,17,19). The summed E-state index contributed by atoms with van der Waals surface area (Å²) < 4.78 is 6.41. The summed E-state index contributed by atoms with van der Waals surface area (Å²) in [4.78, 5) is 15.1. The first kappa shape index (κ1) is 13.9. The van der Waals surface area contributed by atoms with E-state index < -0.39 is 0 Å². The lowest BCUT2D eigenvalue weighted by Gasteiger charge is -2.03. The van der Waals surface area contributed by atoms with Gasteiger partial charge in [0.25, 0.3) is 0 Å². The van der Waals surface area contributed by atoms with Crippen LogP contribution in [0, 0.1) is 0 Å². The molecule has 0 saturated heterocycles. The molecule has 3 rings (SSSR count). The number of nitrogens with two attached hydrogens (primary N) is 1. The molecule has 1 aromatic carbocycles. The molecule has 3 aromatic rings.